The third kappa shape index (κ3) is 4.28. The first-order valence-corrected chi connectivity index (χ1v) is 5.15. The summed E-state index contributed by atoms with van der Waals surface area (Å²) in [4.78, 5) is 0. The van der Waals surface area contributed by atoms with Crippen LogP contribution in [0.3, 0.4) is 0 Å². The molecule has 0 fully saturated rings. The summed E-state index contributed by atoms with van der Waals surface area (Å²) < 4.78 is 10.7. The van der Waals surface area contributed by atoms with E-state index in [1.54, 1.807) is 7.11 Å². The zero-order chi connectivity index (χ0) is 10.9. The fraction of sp³-hybridized carbons (Fsp3) is 0.385. The lowest BCUT2D eigenvalue weighted by molar-refractivity contribution is 0.0178. The van der Waals surface area contributed by atoms with Gasteiger partial charge in [-0.05, 0) is 12.0 Å². The van der Waals surface area contributed by atoms with Crippen molar-refractivity contribution in [1.29, 1.82) is 0 Å². The zero-order valence-electron chi connectivity index (χ0n) is 9.19. The minimum absolute atomic E-state index is 0.0962. The first kappa shape index (κ1) is 12.0. The highest BCUT2D eigenvalue weighted by molar-refractivity contribution is 5.18. The molecule has 0 aliphatic carbocycles. The minimum Gasteiger partial charge on any atom is -0.382 e. The van der Waals surface area contributed by atoms with Gasteiger partial charge < -0.3 is 9.47 Å². The van der Waals surface area contributed by atoms with E-state index < -0.39 is 0 Å². The number of benzene rings is 1. The molecule has 1 aromatic rings. The van der Waals surface area contributed by atoms with Crippen LogP contribution in [0.1, 0.15) is 18.1 Å². The van der Waals surface area contributed by atoms with E-state index in [1.807, 2.05) is 24.3 Å². The largest absolute Gasteiger partial charge is 0.382 e. The van der Waals surface area contributed by atoms with Crippen molar-refractivity contribution in [1.82, 2.24) is 0 Å². The summed E-state index contributed by atoms with van der Waals surface area (Å²) in [6, 6.07) is 10.2. The Kier molecular flexibility index (Phi) is 5.74. The fourth-order valence-electron chi connectivity index (χ4n) is 1.39. The van der Waals surface area contributed by atoms with Crippen LogP contribution in [0.2, 0.25) is 0 Å². The maximum atomic E-state index is 5.71. The highest BCUT2D eigenvalue weighted by Crippen LogP contribution is 2.20. The zero-order valence-corrected chi connectivity index (χ0v) is 9.19. The predicted octanol–water partition coefficient (Wildman–Crippen LogP) is 2.97. The highest BCUT2D eigenvalue weighted by atomic mass is 16.5. The van der Waals surface area contributed by atoms with Crippen molar-refractivity contribution in [2.24, 2.45) is 0 Å². The van der Waals surface area contributed by atoms with E-state index in [1.165, 1.54) is 5.56 Å². The molecule has 0 saturated carbocycles. The van der Waals surface area contributed by atoms with Crippen molar-refractivity contribution in [3.8, 4) is 0 Å². The predicted molar refractivity (Wildman–Crippen MR) is 61.8 cm³/mol. The first-order chi connectivity index (χ1) is 7.38. The molecule has 1 rings (SSSR count). The monoisotopic (exact) mass is 206 g/mol. The van der Waals surface area contributed by atoms with Crippen LogP contribution in [0.4, 0.5) is 0 Å². The molecule has 1 atom stereocenters. The Balaban J connectivity index is 2.53. The molecule has 0 amide bonds. The van der Waals surface area contributed by atoms with Gasteiger partial charge in [-0.15, -0.1) is 6.58 Å². The van der Waals surface area contributed by atoms with Crippen LogP contribution in [-0.2, 0) is 9.47 Å². The normalized spacial score (nSPS) is 12.3. The highest BCUT2D eigenvalue weighted by Gasteiger charge is 2.08. The second-order valence-electron chi connectivity index (χ2n) is 3.29. The van der Waals surface area contributed by atoms with Gasteiger partial charge in [0.05, 0.1) is 19.3 Å². The van der Waals surface area contributed by atoms with Crippen molar-refractivity contribution >= 4 is 0 Å². The lowest BCUT2D eigenvalue weighted by atomic mass is 10.1. The van der Waals surface area contributed by atoms with Crippen LogP contribution in [0.25, 0.3) is 0 Å². The van der Waals surface area contributed by atoms with E-state index >= 15 is 0 Å². The molecular weight excluding hydrogens is 188 g/mol. The number of rotatable bonds is 7. The topological polar surface area (TPSA) is 18.5 Å². The van der Waals surface area contributed by atoms with E-state index in [2.05, 4.69) is 18.7 Å². The maximum Gasteiger partial charge on any atom is 0.0860 e. The Morgan fingerprint density at radius 1 is 1.27 bits per heavy atom. The average molecular weight is 206 g/mol. The molecular formula is C13H18O2. The van der Waals surface area contributed by atoms with Gasteiger partial charge in [0.15, 0.2) is 0 Å². The fourth-order valence-corrected chi connectivity index (χ4v) is 1.39. The standard InChI is InChI=1S/C13H18O2/c1-3-7-13(15-11-10-14-2)12-8-5-4-6-9-12/h3-6,8-9,13H,1,7,10-11H2,2H3. The Hall–Kier alpha value is -1.12. The molecule has 0 heterocycles. The molecule has 0 spiro atoms. The van der Waals surface area contributed by atoms with Gasteiger partial charge in [0.1, 0.15) is 0 Å². The van der Waals surface area contributed by atoms with Crippen molar-refractivity contribution in [3.05, 3.63) is 48.6 Å². The maximum absolute atomic E-state index is 5.71. The van der Waals surface area contributed by atoms with Crippen LogP contribution in [0, 0.1) is 0 Å². The van der Waals surface area contributed by atoms with Crippen molar-refractivity contribution < 1.29 is 9.47 Å². The minimum atomic E-state index is 0.0962. The lowest BCUT2D eigenvalue weighted by Gasteiger charge is -2.16. The van der Waals surface area contributed by atoms with E-state index in [4.69, 9.17) is 9.47 Å². The van der Waals surface area contributed by atoms with Crippen molar-refractivity contribution in [3.63, 3.8) is 0 Å². The number of hydrogen-bond donors (Lipinski definition) is 0. The quantitative estimate of drug-likeness (QED) is 0.504. The van der Waals surface area contributed by atoms with E-state index in [0.29, 0.717) is 13.2 Å². The molecule has 1 unspecified atom stereocenters. The van der Waals surface area contributed by atoms with E-state index in [0.717, 1.165) is 6.42 Å². The summed E-state index contributed by atoms with van der Waals surface area (Å²) in [7, 11) is 1.67. The van der Waals surface area contributed by atoms with Crippen LogP contribution >= 0.6 is 0 Å². The SMILES string of the molecule is C=CCC(OCCOC)c1ccccc1. The molecule has 0 N–H and O–H groups in total. The second-order valence-corrected chi connectivity index (χ2v) is 3.29. The number of methoxy groups -OCH3 is 1. The summed E-state index contributed by atoms with van der Waals surface area (Å²) in [5.41, 5.74) is 1.19. The van der Waals surface area contributed by atoms with Gasteiger partial charge in [0.25, 0.3) is 0 Å². The molecule has 0 aromatic heterocycles. The molecule has 1 aromatic carbocycles. The van der Waals surface area contributed by atoms with Gasteiger partial charge in [-0.3, -0.25) is 0 Å². The molecule has 82 valence electrons. The van der Waals surface area contributed by atoms with E-state index in [-0.39, 0.29) is 6.10 Å². The molecule has 0 bridgehead atoms. The molecule has 2 nitrogen and oxygen atoms in total. The Morgan fingerprint density at radius 3 is 2.60 bits per heavy atom. The van der Waals surface area contributed by atoms with Crippen LogP contribution in [-0.4, -0.2) is 20.3 Å². The lowest BCUT2D eigenvalue weighted by Crippen LogP contribution is -2.08. The third-order valence-electron chi connectivity index (χ3n) is 2.16. The van der Waals surface area contributed by atoms with Crippen LogP contribution < -0.4 is 0 Å². The van der Waals surface area contributed by atoms with E-state index in [9.17, 15) is 0 Å². The first-order valence-electron chi connectivity index (χ1n) is 5.15. The summed E-state index contributed by atoms with van der Waals surface area (Å²) in [5, 5.41) is 0. The van der Waals surface area contributed by atoms with Gasteiger partial charge in [-0.25, -0.2) is 0 Å². The Bertz CT molecular complexity index is 269. The summed E-state index contributed by atoms with van der Waals surface area (Å²) >= 11 is 0. The van der Waals surface area contributed by atoms with Gasteiger partial charge in [0.2, 0.25) is 0 Å². The Morgan fingerprint density at radius 2 is 2.00 bits per heavy atom. The number of hydrogen-bond acceptors (Lipinski definition) is 2. The molecule has 15 heavy (non-hydrogen) atoms. The third-order valence-corrected chi connectivity index (χ3v) is 2.16. The van der Waals surface area contributed by atoms with Gasteiger partial charge in [-0.2, -0.15) is 0 Å². The molecule has 2 heteroatoms. The van der Waals surface area contributed by atoms with Crippen molar-refractivity contribution in [2.75, 3.05) is 20.3 Å². The van der Waals surface area contributed by atoms with Crippen LogP contribution in [0.5, 0.6) is 0 Å². The van der Waals surface area contributed by atoms with Crippen LogP contribution in [0.15, 0.2) is 43.0 Å². The summed E-state index contributed by atoms with van der Waals surface area (Å²) in [5.74, 6) is 0. The van der Waals surface area contributed by atoms with Gasteiger partial charge in [0, 0.05) is 7.11 Å². The second kappa shape index (κ2) is 7.21. The van der Waals surface area contributed by atoms with Gasteiger partial charge in [-0.1, -0.05) is 36.4 Å². The van der Waals surface area contributed by atoms with Gasteiger partial charge >= 0.3 is 0 Å². The van der Waals surface area contributed by atoms with Crippen molar-refractivity contribution in [2.45, 2.75) is 12.5 Å². The molecule has 0 radical (unpaired) electrons. The molecule has 0 saturated heterocycles. The number of ether oxygens (including phenoxy) is 2. The molecule has 0 aliphatic heterocycles. The average Bonchev–Trinajstić information content (AvgIpc) is 2.29. The Labute approximate surface area is 91.5 Å². The molecule has 0 aliphatic rings. The summed E-state index contributed by atoms with van der Waals surface area (Å²) in [6.45, 7) is 4.98. The smallest absolute Gasteiger partial charge is 0.0860 e. The summed E-state index contributed by atoms with van der Waals surface area (Å²) in [6.07, 6.45) is 2.80.